The average Bonchev–Trinajstić information content (AvgIpc) is 3.08. The monoisotopic (exact) mass is 454 g/mol. The van der Waals surface area contributed by atoms with Crippen molar-refractivity contribution in [3.8, 4) is 0 Å². The van der Waals surface area contributed by atoms with E-state index < -0.39 is 11.5 Å². The summed E-state index contributed by atoms with van der Waals surface area (Å²) in [6, 6.07) is 0. The van der Waals surface area contributed by atoms with Crippen molar-refractivity contribution in [3.05, 3.63) is 12.2 Å². The van der Waals surface area contributed by atoms with E-state index in [1.54, 1.807) is 0 Å². The minimum Gasteiger partial charge on any atom is -0.461 e. The van der Waals surface area contributed by atoms with Crippen molar-refractivity contribution < 1.29 is 14.6 Å². The number of esters is 1. The lowest BCUT2D eigenvalue weighted by molar-refractivity contribution is -0.303. The van der Waals surface area contributed by atoms with E-state index in [9.17, 15) is 9.90 Å². The Bertz CT molecular complexity index is 906. The normalized spacial score (nSPS) is 58.5. The maximum absolute atomic E-state index is 13.7. The summed E-state index contributed by atoms with van der Waals surface area (Å²) in [6.07, 6.45) is 9.68. The number of fused-ring (bicyclic) bond motifs is 7. The Morgan fingerprint density at radius 1 is 0.970 bits per heavy atom. The topological polar surface area (TPSA) is 46.5 Å². The third kappa shape index (κ3) is 2.40. The maximum Gasteiger partial charge on any atom is 0.313 e. The first kappa shape index (κ1) is 22.6. The first-order chi connectivity index (χ1) is 15.3. The number of aliphatic hydroxyl groups excluding tert-OH is 1. The number of hydrogen-bond donors (Lipinski definition) is 1. The molecule has 7 rings (SSSR count). The number of carbonyl (C=O) groups excluding carboxylic acids is 1. The summed E-state index contributed by atoms with van der Waals surface area (Å²) < 4.78 is 6.14. The molecule has 2 aliphatic heterocycles. The molecule has 0 radical (unpaired) electrons. The molecule has 2 bridgehead atoms. The van der Waals surface area contributed by atoms with Crippen LogP contribution in [0, 0.1) is 56.7 Å². The van der Waals surface area contributed by atoms with Crippen molar-refractivity contribution in [1.29, 1.82) is 0 Å². The van der Waals surface area contributed by atoms with Gasteiger partial charge in [-0.05, 0) is 105 Å². The van der Waals surface area contributed by atoms with Gasteiger partial charge in [0, 0.05) is 11.3 Å². The molecule has 1 spiro atoms. The minimum atomic E-state index is -0.497. The summed E-state index contributed by atoms with van der Waals surface area (Å²) in [5, 5.41) is 12.1. The average molecular weight is 455 g/mol. The van der Waals surface area contributed by atoms with E-state index in [1.807, 2.05) is 0 Å². The van der Waals surface area contributed by atoms with Gasteiger partial charge in [-0.25, -0.2) is 0 Å². The molecule has 33 heavy (non-hydrogen) atoms. The molecule has 5 aliphatic carbocycles. The Morgan fingerprint density at radius 3 is 2.36 bits per heavy atom. The van der Waals surface area contributed by atoms with Gasteiger partial charge in [0.1, 0.15) is 6.10 Å². The van der Waals surface area contributed by atoms with Gasteiger partial charge in [0.05, 0.1) is 11.5 Å². The Kier molecular flexibility index (Phi) is 4.44. The summed E-state index contributed by atoms with van der Waals surface area (Å²) >= 11 is 0. The van der Waals surface area contributed by atoms with Crippen molar-refractivity contribution in [2.24, 2.45) is 56.7 Å². The van der Waals surface area contributed by atoms with Crippen LogP contribution in [0.2, 0.25) is 0 Å². The molecular weight excluding hydrogens is 408 g/mol. The first-order valence-corrected chi connectivity index (χ1v) is 13.9. The number of rotatable bonds is 1. The SMILES string of the molecule is C=C(C)[C@@H]1CC[C@]2(C)CC[C@]3(C)C(C[C@@H](O)C4[C@]56CC[C@H](OC5=O)C(C)(C)C6CC[C@]43C)C12. The van der Waals surface area contributed by atoms with Crippen LogP contribution in [0.5, 0.6) is 0 Å². The zero-order chi connectivity index (χ0) is 23.8. The van der Waals surface area contributed by atoms with Gasteiger partial charge in [0.25, 0.3) is 0 Å². The zero-order valence-electron chi connectivity index (χ0n) is 21.9. The highest BCUT2D eigenvalue weighted by atomic mass is 16.6. The number of carbonyl (C=O) groups is 1. The molecule has 5 saturated carbocycles. The Morgan fingerprint density at radius 2 is 1.70 bits per heavy atom. The quantitative estimate of drug-likeness (QED) is 0.361. The van der Waals surface area contributed by atoms with Crippen LogP contribution in [0.4, 0.5) is 0 Å². The van der Waals surface area contributed by atoms with Crippen LogP contribution in [0.25, 0.3) is 0 Å². The van der Waals surface area contributed by atoms with E-state index in [2.05, 4.69) is 48.1 Å². The van der Waals surface area contributed by atoms with Crippen LogP contribution in [-0.4, -0.2) is 23.3 Å². The molecule has 3 nitrogen and oxygen atoms in total. The van der Waals surface area contributed by atoms with Gasteiger partial charge in [-0.3, -0.25) is 4.79 Å². The number of aliphatic hydroxyl groups is 1. The number of hydrogen-bond acceptors (Lipinski definition) is 3. The molecule has 0 aromatic rings. The predicted octanol–water partition coefficient (Wildman–Crippen LogP) is 6.54. The van der Waals surface area contributed by atoms with Crippen molar-refractivity contribution >= 4 is 5.97 Å². The van der Waals surface area contributed by atoms with Crippen molar-refractivity contribution in [2.45, 2.75) is 112 Å². The fourth-order valence-electron chi connectivity index (χ4n) is 11.8. The lowest BCUT2D eigenvalue weighted by Crippen LogP contribution is -2.74. The molecule has 0 aromatic carbocycles. The Labute approximate surface area is 201 Å². The van der Waals surface area contributed by atoms with Crippen molar-refractivity contribution in [2.75, 3.05) is 0 Å². The number of allylic oxidation sites excluding steroid dienone is 1. The molecule has 7 aliphatic rings. The molecular formula is C30H46O3. The van der Waals surface area contributed by atoms with E-state index in [0.717, 1.165) is 32.1 Å². The van der Waals surface area contributed by atoms with Crippen LogP contribution < -0.4 is 0 Å². The van der Waals surface area contributed by atoms with Gasteiger partial charge < -0.3 is 9.84 Å². The third-order valence-electron chi connectivity index (χ3n) is 13.5. The van der Waals surface area contributed by atoms with Crippen molar-refractivity contribution in [3.63, 3.8) is 0 Å². The van der Waals surface area contributed by atoms with E-state index in [0.29, 0.717) is 29.1 Å². The maximum atomic E-state index is 13.7. The molecule has 0 aromatic heterocycles. The zero-order valence-corrected chi connectivity index (χ0v) is 21.9. The standard InChI is InChI=1S/C30H46O3/c1-17(2)18-8-11-27(5)14-15-28(6)19(23(18)27)16-20(31)24-29(28,7)12-9-21-26(3,4)22-10-13-30(21,24)25(32)33-22/h18-24,31H,1,8-16H2,2-7H3/t18-,19?,20+,21?,22-,23?,24?,27+,28+,29+,30+/m0/s1. The van der Waals surface area contributed by atoms with E-state index in [1.165, 1.54) is 31.3 Å². The highest BCUT2D eigenvalue weighted by Crippen LogP contribution is 2.78. The molecule has 11 atom stereocenters. The van der Waals surface area contributed by atoms with Crippen LogP contribution in [-0.2, 0) is 9.53 Å². The van der Waals surface area contributed by atoms with Gasteiger partial charge in [0.2, 0.25) is 0 Å². The highest BCUT2D eigenvalue weighted by molar-refractivity contribution is 5.80. The lowest BCUT2D eigenvalue weighted by Gasteiger charge is -2.74. The van der Waals surface area contributed by atoms with Gasteiger partial charge in [-0.2, -0.15) is 0 Å². The molecule has 184 valence electrons. The highest BCUT2D eigenvalue weighted by Gasteiger charge is 2.77. The van der Waals surface area contributed by atoms with Gasteiger partial charge >= 0.3 is 5.97 Å². The largest absolute Gasteiger partial charge is 0.461 e. The predicted molar refractivity (Wildman–Crippen MR) is 130 cm³/mol. The van der Waals surface area contributed by atoms with Crippen molar-refractivity contribution in [1.82, 2.24) is 0 Å². The van der Waals surface area contributed by atoms with Gasteiger partial charge in [-0.15, -0.1) is 0 Å². The summed E-state index contributed by atoms with van der Waals surface area (Å²) in [5.74, 6) is 2.08. The molecule has 1 N–H and O–H groups in total. The minimum absolute atomic E-state index is 0.00655. The van der Waals surface area contributed by atoms with Crippen LogP contribution in [0.3, 0.4) is 0 Å². The van der Waals surface area contributed by atoms with Crippen LogP contribution in [0.15, 0.2) is 12.2 Å². The molecule has 0 amide bonds. The summed E-state index contributed by atoms with van der Waals surface area (Å²) in [5.41, 5.74) is 1.34. The summed E-state index contributed by atoms with van der Waals surface area (Å²) in [6.45, 7) is 18.9. The Balaban J connectivity index is 1.48. The molecule has 2 heterocycles. The van der Waals surface area contributed by atoms with Gasteiger partial charge in [0.15, 0.2) is 0 Å². The molecule has 4 unspecified atom stereocenters. The third-order valence-corrected chi connectivity index (χ3v) is 13.5. The molecule has 2 saturated heterocycles. The van der Waals surface area contributed by atoms with Crippen LogP contribution in [0.1, 0.15) is 99.3 Å². The van der Waals surface area contributed by atoms with Gasteiger partial charge in [-0.1, -0.05) is 46.8 Å². The molecule has 7 fully saturated rings. The molecule has 3 heteroatoms. The second kappa shape index (κ2) is 6.48. The Hall–Kier alpha value is -0.830. The first-order valence-electron chi connectivity index (χ1n) is 13.9. The van der Waals surface area contributed by atoms with E-state index >= 15 is 0 Å². The summed E-state index contributed by atoms with van der Waals surface area (Å²) in [4.78, 5) is 13.7. The number of ether oxygens (including phenoxy) is 1. The van der Waals surface area contributed by atoms with E-state index in [4.69, 9.17) is 4.74 Å². The second-order valence-electron chi connectivity index (χ2n) is 14.8. The lowest BCUT2D eigenvalue weighted by atomic mass is 9.31. The fraction of sp³-hybridized carbons (Fsp3) is 0.900. The fourth-order valence-corrected chi connectivity index (χ4v) is 11.8. The summed E-state index contributed by atoms with van der Waals surface area (Å²) in [7, 11) is 0. The van der Waals surface area contributed by atoms with E-state index in [-0.39, 0.29) is 34.2 Å². The smallest absolute Gasteiger partial charge is 0.313 e. The van der Waals surface area contributed by atoms with Crippen LogP contribution >= 0.6 is 0 Å². The second-order valence-corrected chi connectivity index (χ2v) is 14.8.